The molecule has 0 bridgehead atoms. The molecule has 40 heavy (non-hydrogen) atoms. The van der Waals surface area contributed by atoms with Crippen LogP contribution in [0.25, 0.3) is 0 Å². The van der Waals surface area contributed by atoms with Crippen molar-refractivity contribution in [2.75, 3.05) is 0 Å². The molecule has 7 nitrogen and oxygen atoms in total. The average molecular weight is 565 g/mol. The number of aliphatic hydroxyl groups is 3. The van der Waals surface area contributed by atoms with Gasteiger partial charge in [-0.25, -0.2) is 0 Å². The molecular formula is C33H56O7. The second-order valence-electron chi connectivity index (χ2n) is 12.9. The number of carbonyl (C=O) groups is 2. The van der Waals surface area contributed by atoms with Crippen LogP contribution in [0.5, 0.6) is 0 Å². The number of ether oxygens (including phenoxy) is 2. The quantitative estimate of drug-likeness (QED) is 0.172. The summed E-state index contributed by atoms with van der Waals surface area (Å²) in [6, 6.07) is 0. The van der Waals surface area contributed by atoms with Gasteiger partial charge in [0.15, 0.2) is 0 Å². The van der Waals surface area contributed by atoms with Gasteiger partial charge in [-0.1, -0.05) is 72.3 Å². The van der Waals surface area contributed by atoms with Crippen molar-refractivity contribution < 1.29 is 34.4 Å². The molecule has 0 radical (unpaired) electrons. The predicted molar refractivity (Wildman–Crippen MR) is 159 cm³/mol. The summed E-state index contributed by atoms with van der Waals surface area (Å²) in [5, 5.41) is 32.8. The van der Waals surface area contributed by atoms with E-state index in [1.54, 1.807) is 38.2 Å². The van der Waals surface area contributed by atoms with Crippen molar-refractivity contribution in [2.24, 2.45) is 29.6 Å². The minimum Gasteiger partial charge on any atom is -0.457 e. The number of hydrogen-bond acceptors (Lipinski definition) is 7. The second kappa shape index (κ2) is 15.9. The molecule has 1 rings (SSSR count). The van der Waals surface area contributed by atoms with E-state index in [0.29, 0.717) is 24.7 Å². The molecule has 0 aliphatic carbocycles. The van der Waals surface area contributed by atoms with E-state index >= 15 is 0 Å². The van der Waals surface area contributed by atoms with Crippen LogP contribution < -0.4 is 0 Å². The smallest absolute Gasteiger partial charge is 0.306 e. The van der Waals surface area contributed by atoms with E-state index in [2.05, 4.69) is 20.8 Å². The number of hydrogen-bond donors (Lipinski definition) is 3. The van der Waals surface area contributed by atoms with Crippen LogP contribution in [0.1, 0.15) is 101 Å². The third kappa shape index (κ3) is 11.9. The van der Waals surface area contributed by atoms with Crippen molar-refractivity contribution >= 4 is 11.9 Å². The van der Waals surface area contributed by atoms with Crippen molar-refractivity contribution in [1.82, 2.24) is 0 Å². The summed E-state index contributed by atoms with van der Waals surface area (Å²) < 4.78 is 11.3. The monoisotopic (exact) mass is 564 g/mol. The molecule has 230 valence electrons. The van der Waals surface area contributed by atoms with E-state index in [1.165, 1.54) is 6.92 Å². The lowest BCUT2D eigenvalue weighted by molar-refractivity contribution is -0.156. The number of esters is 2. The van der Waals surface area contributed by atoms with Crippen LogP contribution in [0.4, 0.5) is 0 Å². The topological polar surface area (TPSA) is 113 Å². The summed E-state index contributed by atoms with van der Waals surface area (Å²) in [7, 11) is 0. The van der Waals surface area contributed by atoms with Crippen molar-refractivity contribution in [3.05, 3.63) is 36.0 Å². The Morgan fingerprint density at radius 1 is 1.23 bits per heavy atom. The molecule has 10 atom stereocenters. The summed E-state index contributed by atoms with van der Waals surface area (Å²) in [6.45, 7) is 18.9. The Kier molecular flexibility index (Phi) is 14.3. The third-order valence-electron chi connectivity index (χ3n) is 8.75. The zero-order chi connectivity index (χ0) is 30.8. The van der Waals surface area contributed by atoms with E-state index in [-0.39, 0.29) is 36.6 Å². The van der Waals surface area contributed by atoms with E-state index in [1.807, 2.05) is 33.8 Å². The standard InChI is InChI=1S/C33H56O7/c1-11-22(3)25(6)26(7)28(35)20-32(9,37)17-12-13-23(4)31-24(5)14-15-29(39-27(8)34)33(10,38)18-16-21(2)19-30(36)40-31/h12-15,17,21-22,24-26,28-29,31,35,37-38H,11,16,18-20H2,1-10H3/b15-14+,17-12+,23-13+. The maximum absolute atomic E-state index is 12.8. The minimum atomic E-state index is -1.28. The lowest BCUT2D eigenvalue weighted by Crippen LogP contribution is -2.41. The normalized spacial score (nSPS) is 32.5. The summed E-state index contributed by atoms with van der Waals surface area (Å²) in [6.07, 6.45) is 9.04. The molecule has 0 spiro atoms. The van der Waals surface area contributed by atoms with Crippen molar-refractivity contribution in [3.8, 4) is 0 Å². The Labute approximate surface area is 242 Å². The lowest BCUT2D eigenvalue weighted by atomic mass is 9.78. The second-order valence-corrected chi connectivity index (χ2v) is 12.9. The highest BCUT2D eigenvalue weighted by Crippen LogP contribution is 2.30. The van der Waals surface area contributed by atoms with Gasteiger partial charge in [-0.15, -0.1) is 0 Å². The van der Waals surface area contributed by atoms with Gasteiger partial charge in [0, 0.05) is 25.7 Å². The van der Waals surface area contributed by atoms with Crippen LogP contribution >= 0.6 is 0 Å². The number of carbonyl (C=O) groups excluding carboxylic acids is 2. The Morgan fingerprint density at radius 3 is 2.42 bits per heavy atom. The van der Waals surface area contributed by atoms with Crippen LogP contribution in [-0.4, -0.2) is 56.8 Å². The molecule has 3 N–H and O–H groups in total. The van der Waals surface area contributed by atoms with Gasteiger partial charge in [0.2, 0.25) is 0 Å². The zero-order valence-corrected chi connectivity index (χ0v) is 26.5. The van der Waals surface area contributed by atoms with Gasteiger partial charge in [0.1, 0.15) is 17.8 Å². The molecule has 1 heterocycles. The molecular weight excluding hydrogens is 508 g/mol. The van der Waals surface area contributed by atoms with Gasteiger partial charge < -0.3 is 24.8 Å². The first kappa shape index (κ1) is 36.1. The molecule has 1 aliphatic heterocycles. The largest absolute Gasteiger partial charge is 0.457 e. The van der Waals surface area contributed by atoms with Crippen LogP contribution in [0.3, 0.4) is 0 Å². The van der Waals surface area contributed by atoms with Gasteiger partial charge in [-0.05, 0) is 68.9 Å². The first-order valence-corrected chi connectivity index (χ1v) is 14.9. The number of cyclic esters (lactones) is 1. The molecule has 0 aromatic carbocycles. The average Bonchev–Trinajstić information content (AvgIpc) is 2.85. The van der Waals surface area contributed by atoms with E-state index < -0.39 is 35.5 Å². The van der Waals surface area contributed by atoms with Gasteiger partial charge in [0.25, 0.3) is 0 Å². The van der Waals surface area contributed by atoms with Crippen molar-refractivity contribution in [2.45, 2.75) is 131 Å². The van der Waals surface area contributed by atoms with Gasteiger partial charge in [-0.2, -0.15) is 0 Å². The van der Waals surface area contributed by atoms with Gasteiger partial charge >= 0.3 is 11.9 Å². The Morgan fingerprint density at radius 2 is 1.85 bits per heavy atom. The van der Waals surface area contributed by atoms with Gasteiger partial charge in [0.05, 0.1) is 11.7 Å². The van der Waals surface area contributed by atoms with E-state index in [0.717, 1.165) is 12.0 Å². The molecule has 0 fully saturated rings. The first-order valence-electron chi connectivity index (χ1n) is 14.9. The summed E-state index contributed by atoms with van der Waals surface area (Å²) in [5.41, 5.74) is -1.72. The fourth-order valence-electron chi connectivity index (χ4n) is 5.22. The zero-order valence-electron chi connectivity index (χ0n) is 26.5. The first-order chi connectivity index (χ1) is 18.4. The molecule has 0 saturated carbocycles. The fourth-order valence-corrected chi connectivity index (χ4v) is 5.22. The van der Waals surface area contributed by atoms with E-state index in [4.69, 9.17) is 9.47 Å². The minimum absolute atomic E-state index is 0.0209. The molecule has 0 aromatic heterocycles. The SMILES string of the molecule is CCC(C)C(C)C(C)C(O)CC(C)(O)/C=C/C=C(\C)C1OC(=O)CC(C)CCC(C)(O)C(OC(C)=O)/C=C/C1C. The number of aliphatic hydroxyl groups excluding tert-OH is 1. The Bertz CT molecular complexity index is 900. The van der Waals surface area contributed by atoms with Gasteiger partial charge in [-0.3, -0.25) is 9.59 Å². The molecule has 0 saturated heterocycles. The summed E-state index contributed by atoms with van der Waals surface area (Å²) >= 11 is 0. The van der Waals surface area contributed by atoms with Crippen molar-refractivity contribution in [3.63, 3.8) is 0 Å². The molecule has 0 aromatic rings. The van der Waals surface area contributed by atoms with Crippen LogP contribution in [0, 0.1) is 29.6 Å². The lowest BCUT2D eigenvalue weighted by Gasteiger charge is -2.32. The van der Waals surface area contributed by atoms with Crippen LogP contribution in [-0.2, 0) is 19.1 Å². The third-order valence-corrected chi connectivity index (χ3v) is 8.75. The highest BCUT2D eigenvalue weighted by atomic mass is 16.6. The molecule has 7 heteroatoms. The van der Waals surface area contributed by atoms with Crippen LogP contribution in [0.2, 0.25) is 0 Å². The van der Waals surface area contributed by atoms with Crippen molar-refractivity contribution in [1.29, 1.82) is 0 Å². The van der Waals surface area contributed by atoms with Crippen LogP contribution in [0.15, 0.2) is 36.0 Å². The predicted octanol–water partition coefficient (Wildman–Crippen LogP) is 5.92. The number of allylic oxidation sites excluding steroid dienone is 2. The highest BCUT2D eigenvalue weighted by molar-refractivity contribution is 5.70. The molecule has 0 amide bonds. The Hall–Kier alpha value is -1.96. The molecule has 1 aliphatic rings. The maximum atomic E-state index is 12.8. The summed E-state index contributed by atoms with van der Waals surface area (Å²) in [5.74, 6) is -0.222. The Balaban J connectivity index is 3.16. The highest BCUT2D eigenvalue weighted by Gasteiger charge is 2.35. The number of rotatable bonds is 10. The fraction of sp³-hybridized carbons (Fsp3) is 0.758. The van der Waals surface area contributed by atoms with E-state index in [9.17, 15) is 24.9 Å². The maximum Gasteiger partial charge on any atom is 0.306 e. The molecule has 10 unspecified atom stereocenters. The summed E-state index contributed by atoms with van der Waals surface area (Å²) in [4.78, 5) is 24.5.